The van der Waals surface area contributed by atoms with E-state index in [1.807, 2.05) is 32.0 Å². The van der Waals surface area contributed by atoms with Crippen molar-refractivity contribution in [2.45, 2.75) is 26.9 Å². The van der Waals surface area contributed by atoms with E-state index in [0.29, 0.717) is 17.0 Å². The van der Waals surface area contributed by atoms with Gasteiger partial charge >= 0.3 is 5.97 Å². The largest absolute Gasteiger partial charge is 0.482 e. The fraction of sp³-hybridized carbons (Fsp3) is 0.250. The fourth-order valence-electron chi connectivity index (χ4n) is 2.23. The van der Waals surface area contributed by atoms with Gasteiger partial charge in [-0.25, -0.2) is 4.79 Å². The molecule has 0 fully saturated rings. The zero-order valence-electron chi connectivity index (χ0n) is 15.2. The summed E-state index contributed by atoms with van der Waals surface area (Å²) in [5.74, 6) is -0.580. The Bertz CT molecular complexity index is 905. The molecule has 0 aliphatic heterocycles. The molecule has 0 radical (unpaired) electrons. The maximum Gasteiger partial charge on any atom is 0.344 e. The normalized spacial score (nSPS) is 11.2. The van der Waals surface area contributed by atoms with Gasteiger partial charge in [0.05, 0.1) is 10.6 Å². The summed E-state index contributed by atoms with van der Waals surface area (Å²) in [6.07, 6.45) is -1.02. The number of nitrogens with zero attached hydrogens (tertiary/aromatic N) is 1. The molecule has 0 spiro atoms. The highest BCUT2D eigenvalue weighted by molar-refractivity contribution is 6.32. The summed E-state index contributed by atoms with van der Waals surface area (Å²) in [7, 11) is 0. The number of anilines is 1. The van der Waals surface area contributed by atoms with Crippen molar-refractivity contribution < 1.29 is 19.1 Å². The molecule has 2 aromatic carbocycles. The van der Waals surface area contributed by atoms with E-state index in [2.05, 4.69) is 5.32 Å². The van der Waals surface area contributed by atoms with Crippen molar-refractivity contribution in [2.24, 2.45) is 0 Å². The Labute approximate surface area is 162 Å². The number of hydrogen-bond donors (Lipinski definition) is 1. The molecule has 1 amide bonds. The zero-order valence-corrected chi connectivity index (χ0v) is 16.0. The van der Waals surface area contributed by atoms with Crippen molar-refractivity contribution in [3.05, 3.63) is 58.1 Å². The van der Waals surface area contributed by atoms with Crippen LogP contribution in [0.4, 0.5) is 5.69 Å². The summed E-state index contributed by atoms with van der Waals surface area (Å²) in [4.78, 5) is 24.1. The van der Waals surface area contributed by atoms with Crippen LogP contribution in [0.15, 0.2) is 36.4 Å². The molecule has 27 heavy (non-hydrogen) atoms. The van der Waals surface area contributed by atoms with Gasteiger partial charge in [0.1, 0.15) is 11.8 Å². The van der Waals surface area contributed by atoms with Crippen LogP contribution >= 0.6 is 11.6 Å². The lowest BCUT2D eigenvalue weighted by molar-refractivity contribution is -0.155. The second-order valence-electron chi connectivity index (χ2n) is 5.91. The van der Waals surface area contributed by atoms with Crippen LogP contribution in [0, 0.1) is 25.2 Å². The van der Waals surface area contributed by atoms with Crippen molar-refractivity contribution in [3.63, 3.8) is 0 Å². The molecular weight excluding hydrogens is 368 g/mol. The van der Waals surface area contributed by atoms with Gasteiger partial charge in [-0.05, 0) is 56.2 Å². The number of benzene rings is 2. The monoisotopic (exact) mass is 386 g/mol. The van der Waals surface area contributed by atoms with Crippen LogP contribution < -0.4 is 10.1 Å². The van der Waals surface area contributed by atoms with E-state index in [-0.39, 0.29) is 11.6 Å². The summed E-state index contributed by atoms with van der Waals surface area (Å²) in [6, 6.07) is 12.0. The lowest BCUT2D eigenvalue weighted by Gasteiger charge is -2.15. The number of halogens is 1. The van der Waals surface area contributed by atoms with Gasteiger partial charge in [0, 0.05) is 5.69 Å². The first-order valence-electron chi connectivity index (χ1n) is 8.21. The van der Waals surface area contributed by atoms with E-state index in [4.69, 9.17) is 26.3 Å². The van der Waals surface area contributed by atoms with Gasteiger partial charge in [0.25, 0.3) is 5.91 Å². The zero-order chi connectivity index (χ0) is 20.0. The van der Waals surface area contributed by atoms with Crippen LogP contribution in [-0.2, 0) is 14.3 Å². The minimum atomic E-state index is -1.02. The number of rotatable bonds is 6. The molecule has 7 heteroatoms. The van der Waals surface area contributed by atoms with E-state index < -0.39 is 18.0 Å². The van der Waals surface area contributed by atoms with Gasteiger partial charge in [-0.1, -0.05) is 23.7 Å². The molecule has 0 saturated carbocycles. The Morgan fingerprint density at radius 3 is 2.67 bits per heavy atom. The number of nitrogens with one attached hydrogen (secondary N) is 1. The van der Waals surface area contributed by atoms with Gasteiger partial charge in [-0.2, -0.15) is 5.26 Å². The lowest BCUT2D eigenvalue weighted by atomic mass is 10.1. The van der Waals surface area contributed by atoms with Crippen molar-refractivity contribution in [1.29, 1.82) is 5.26 Å². The van der Waals surface area contributed by atoms with Gasteiger partial charge in [0.2, 0.25) is 0 Å². The van der Waals surface area contributed by atoms with Crippen LogP contribution in [-0.4, -0.2) is 24.6 Å². The summed E-state index contributed by atoms with van der Waals surface area (Å²) in [6.45, 7) is 5.00. The number of carbonyl (C=O) groups excluding carboxylic acids is 2. The van der Waals surface area contributed by atoms with E-state index >= 15 is 0 Å². The Kier molecular flexibility index (Phi) is 6.80. The molecule has 2 aromatic rings. The topological polar surface area (TPSA) is 88.4 Å². The standard InChI is InChI=1S/C20H19ClN2O4/c1-12-5-4-6-18(13(12)2)26-11-19(24)27-14(3)20(25)23-16-8-7-15(10-22)17(21)9-16/h4-9,14H,11H2,1-3H3,(H,23,25)/t14-/m0/s1. The van der Waals surface area contributed by atoms with E-state index in [9.17, 15) is 9.59 Å². The SMILES string of the molecule is Cc1cccc(OCC(=O)O[C@@H](C)C(=O)Nc2ccc(C#N)c(Cl)c2)c1C. The van der Waals surface area contributed by atoms with Gasteiger partial charge in [0.15, 0.2) is 12.7 Å². The molecule has 0 aliphatic rings. The Hall–Kier alpha value is -3.04. The maximum atomic E-state index is 12.1. The second-order valence-corrected chi connectivity index (χ2v) is 6.32. The van der Waals surface area contributed by atoms with Crippen molar-refractivity contribution >= 4 is 29.2 Å². The average molecular weight is 387 g/mol. The summed E-state index contributed by atoms with van der Waals surface area (Å²) < 4.78 is 10.6. The minimum Gasteiger partial charge on any atom is -0.482 e. The third-order valence-electron chi connectivity index (χ3n) is 3.93. The first-order chi connectivity index (χ1) is 12.8. The van der Waals surface area contributed by atoms with Crippen molar-refractivity contribution in [3.8, 4) is 11.8 Å². The van der Waals surface area contributed by atoms with Gasteiger partial charge in [-0.15, -0.1) is 0 Å². The highest BCUT2D eigenvalue weighted by Gasteiger charge is 2.19. The van der Waals surface area contributed by atoms with E-state index in [1.54, 1.807) is 12.1 Å². The smallest absolute Gasteiger partial charge is 0.344 e. The molecule has 1 N–H and O–H groups in total. The van der Waals surface area contributed by atoms with Crippen LogP contribution in [0.5, 0.6) is 5.75 Å². The Balaban J connectivity index is 1.88. The molecule has 0 aromatic heterocycles. The predicted molar refractivity (Wildman–Crippen MR) is 102 cm³/mol. The predicted octanol–water partition coefficient (Wildman–Crippen LogP) is 3.78. The third kappa shape index (κ3) is 5.47. The molecule has 0 aliphatic carbocycles. The number of esters is 1. The van der Waals surface area contributed by atoms with Crippen LogP contribution in [0.2, 0.25) is 5.02 Å². The Morgan fingerprint density at radius 2 is 2.00 bits per heavy atom. The second kappa shape index (κ2) is 9.06. The minimum absolute atomic E-state index is 0.224. The van der Waals surface area contributed by atoms with Crippen LogP contribution in [0.25, 0.3) is 0 Å². The first-order valence-corrected chi connectivity index (χ1v) is 8.58. The number of nitriles is 1. The lowest BCUT2D eigenvalue weighted by Crippen LogP contribution is -2.31. The molecule has 2 rings (SSSR count). The molecule has 0 unspecified atom stereocenters. The average Bonchev–Trinajstić information content (AvgIpc) is 2.63. The molecule has 1 atom stereocenters. The fourth-order valence-corrected chi connectivity index (χ4v) is 2.45. The number of ether oxygens (including phenoxy) is 2. The van der Waals surface area contributed by atoms with Gasteiger partial charge < -0.3 is 14.8 Å². The van der Waals surface area contributed by atoms with Crippen molar-refractivity contribution in [1.82, 2.24) is 0 Å². The highest BCUT2D eigenvalue weighted by atomic mass is 35.5. The van der Waals surface area contributed by atoms with Crippen LogP contribution in [0.1, 0.15) is 23.6 Å². The summed E-state index contributed by atoms with van der Waals surface area (Å²) in [5, 5.41) is 11.7. The Morgan fingerprint density at radius 1 is 1.26 bits per heavy atom. The van der Waals surface area contributed by atoms with Gasteiger partial charge in [-0.3, -0.25) is 4.79 Å². The first kappa shape index (κ1) is 20.3. The third-order valence-corrected chi connectivity index (χ3v) is 4.25. The maximum absolute atomic E-state index is 12.1. The molecule has 6 nitrogen and oxygen atoms in total. The summed E-state index contributed by atoms with van der Waals surface area (Å²) >= 11 is 5.92. The van der Waals surface area contributed by atoms with Crippen molar-refractivity contribution in [2.75, 3.05) is 11.9 Å². The molecule has 0 heterocycles. The highest BCUT2D eigenvalue weighted by Crippen LogP contribution is 2.21. The molecule has 0 bridgehead atoms. The number of aryl methyl sites for hydroxylation is 1. The molecule has 0 saturated heterocycles. The number of amides is 1. The van der Waals surface area contributed by atoms with E-state index in [1.165, 1.54) is 19.1 Å². The number of hydrogen-bond acceptors (Lipinski definition) is 5. The van der Waals surface area contributed by atoms with Crippen LogP contribution in [0.3, 0.4) is 0 Å². The number of carbonyl (C=O) groups is 2. The van der Waals surface area contributed by atoms with E-state index in [0.717, 1.165) is 11.1 Å². The molecular formula is C20H19ClN2O4. The summed E-state index contributed by atoms with van der Waals surface area (Å²) in [5.41, 5.74) is 2.69. The quantitative estimate of drug-likeness (QED) is 0.763. The molecule has 140 valence electrons.